The minimum absolute atomic E-state index is 0.194. The second kappa shape index (κ2) is 6.03. The second-order valence-corrected chi connectivity index (χ2v) is 3.00. The maximum Gasteiger partial charge on any atom is 0.514 e. The van der Waals surface area contributed by atoms with Crippen LogP contribution in [0.25, 0.3) is 0 Å². The highest BCUT2D eigenvalue weighted by molar-refractivity contribution is 5.63. The van der Waals surface area contributed by atoms with Gasteiger partial charge in [-0.15, -0.1) is 0 Å². The highest BCUT2D eigenvalue weighted by atomic mass is 16.7. The molecular formula is C11H14O4. The molecule has 15 heavy (non-hydrogen) atoms. The summed E-state index contributed by atoms with van der Waals surface area (Å²) in [7, 11) is 0. The lowest BCUT2D eigenvalue weighted by Crippen LogP contribution is -2.23. The van der Waals surface area contributed by atoms with Gasteiger partial charge in [-0.1, -0.05) is 25.1 Å². The first-order valence-electron chi connectivity index (χ1n) is 4.80. The first-order valence-corrected chi connectivity index (χ1v) is 4.80. The van der Waals surface area contributed by atoms with Gasteiger partial charge in [-0.05, 0) is 18.6 Å². The van der Waals surface area contributed by atoms with Crippen LogP contribution in [0.1, 0.15) is 13.3 Å². The minimum Gasteiger partial charge on any atom is -0.428 e. The summed E-state index contributed by atoms with van der Waals surface area (Å²) in [6.45, 7) is 1.62. The normalized spacial score (nSPS) is 11.9. The van der Waals surface area contributed by atoms with Gasteiger partial charge in [0.2, 0.25) is 0 Å². The summed E-state index contributed by atoms with van der Waals surface area (Å²) in [6.07, 6.45) is -0.733. The molecule has 1 aromatic carbocycles. The van der Waals surface area contributed by atoms with Crippen LogP contribution < -0.4 is 4.74 Å². The third-order valence-electron chi connectivity index (χ3n) is 1.87. The van der Waals surface area contributed by atoms with Crippen molar-refractivity contribution in [3.8, 4) is 5.75 Å². The molecule has 0 spiro atoms. The van der Waals surface area contributed by atoms with E-state index in [1.807, 2.05) is 13.0 Å². The van der Waals surface area contributed by atoms with E-state index in [4.69, 9.17) is 14.6 Å². The van der Waals surface area contributed by atoms with Gasteiger partial charge < -0.3 is 14.6 Å². The van der Waals surface area contributed by atoms with Gasteiger partial charge in [0.05, 0.1) is 6.61 Å². The zero-order valence-corrected chi connectivity index (χ0v) is 8.55. The van der Waals surface area contributed by atoms with Crippen LogP contribution in [-0.2, 0) is 4.74 Å². The number of aliphatic hydroxyl groups is 1. The lowest BCUT2D eigenvalue weighted by atomic mass is 10.3. The Labute approximate surface area is 88.4 Å². The molecule has 0 bridgehead atoms. The maximum atomic E-state index is 11.2. The van der Waals surface area contributed by atoms with Gasteiger partial charge in [-0.25, -0.2) is 4.79 Å². The molecule has 0 heterocycles. The van der Waals surface area contributed by atoms with E-state index in [0.29, 0.717) is 12.2 Å². The molecule has 82 valence electrons. The fraction of sp³-hybridized carbons (Fsp3) is 0.364. The van der Waals surface area contributed by atoms with E-state index in [0.717, 1.165) is 0 Å². The smallest absolute Gasteiger partial charge is 0.428 e. The molecule has 0 fully saturated rings. The van der Waals surface area contributed by atoms with Gasteiger partial charge in [-0.3, -0.25) is 0 Å². The minimum atomic E-state index is -0.790. The zero-order valence-electron chi connectivity index (χ0n) is 8.55. The number of carbonyl (C=O) groups is 1. The summed E-state index contributed by atoms with van der Waals surface area (Å²) in [6, 6.07) is 8.64. The van der Waals surface area contributed by atoms with Gasteiger partial charge in [0.15, 0.2) is 0 Å². The van der Waals surface area contributed by atoms with Crippen molar-refractivity contribution in [2.75, 3.05) is 6.61 Å². The Kier molecular flexibility index (Phi) is 4.63. The predicted molar refractivity (Wildman–Crippen MR) is 54.7 cm³/mol. The molecular weight excluding hydrogens is 196 g/mol. The van der Waals surface area contributed by atoms with E-state index in [1.165, 1.54) is 0 Å². The van der Waals surface area contributed by atoms with Crippen LogP contribution in [0.4, 0.5) is 4.79 Å². The molecule has 0 aromatic heterocycles. The first kappa shape index (κ1) is 11.5. The Hall–Kier alpha value is -1.55. The standard InChI is InChI=1S/C11H14O4/c1-2-9(8-12)14-11(13)15-10-6-4-3-5-7-10/h3-7,9,12H,2,8H2,1H3. The SMILES string of the molecule is CCC(CO)OC(=O)Oc1ccccc1. The summed E-state index contributed by atoms with van der Waals surface area (Å²) in [4.78, 5) is 11.2. The Morgan fingerprint density at radius 2 is 2.07 bits per heavy atom. The van der Waals surface area contributed by atoms with Crippen molar-refractivity contribution in [1.82, 2.24) is 0 Å². The molecule has 0 aliphatic rings. The average Bonchev–Trinajstić information content (AvgIpc) is 2.27. The van der Waals surface area contributed by atoms with Gasteiger partial charge in [0, 0.05) is 0 Å². The molecule has 1 N–H and O–H groups in total. The third-order valence-corrected chi connectivity index (χ3v) is 1.87. The number of benzene rings is 1. The Balaban J connectivity index is 2.43. The number of rotatable bonds is 4. The molecule has 0 saturated carbocycles. The largest absolute Gasteiger partial charge is 0.514 e. The Morgan fingerprint density at radius 3 is 2.60 bits per heavy atom. The molecule has 1 aromatic rings. The summed E-state index contributed by atoms with van der Waals surface area (Å²) in [5, 5.41) is 8.81. The number of para-hydroxylation sites is 1. The number of carbonyl (C=O) groups excluding carboxylic acids is 1. The fourth-order valence-electron chi connectivity index (χ4n) is 0.995. The molecule has 0 aliphatic heterocycles. The van der Waals surface area contributed by atoms with E-state index in [2.05, 4.69) is 0 Å². The highest BCUT2D eigenvalue weighted by Gasteiger charge is 2.12. The molecule has 0 saturated heterocycles. The van der Waals surface area contributed by atoms with Gasteiger partial charge >= 0.3 is 6.16 Å². The van der Waals surface area contributed by atoms with Crippen LogP contribution in [0.3, 0.4) is 0 Å². The quantitative estimate of drug-likeness (QED) is 0.609. The number of hydrogen-bond donors (Lipinski definition) is 1. The van der Waals surface area contributed by atoms with Crippen LogP contribution >= 0.6 is 0 Å². The molecule has 0 amide bonds. The lowest BCUT2D eigenvalue weighted by molar-refractivity contribution is 0.0277. The van der Waals surface area contributed by atoms with Crippen molar-refractivity contribution in [1.29, 1.82) is 0 Å². The van der Waals surface area contributed by atoms with Crippen molar-refractivity contribution in [2.45, 2.75) is 19.4 Å². The van der Waals surface area contributed by atoms with Crippen molar-refractivity contribution in [3.05, 3.63) is 30.3 Å². The van der Waals surface area contributed by atoms with Crippen molar-refractivity contribution < 1.29 is 19.4 Å². The summed E-state index contributed by atoms with van der Waals surface area (Å²) < 4.78 is 9.72. The number of hydrogen-bond acceptors (Lipinski definition) is 4. The van der Waals surface area contributed by atoms with E-state index < -0.39 is 12.3 Å². The van der Waals surface area contributed by atoms with Gasteiger partial charge in [0.1, 0.15) is 11.9 Å². The molecule has 4 nitrogen and oxygen atoms in total. The Bertz CT molecular complexity index is 293. The van der Waals surface area contributed by atoms with Crippen LogP contribution in [-0.4, -0.2) is 24.0 Å². The van der Waals surface area contributed by atoms with Gasteiger partial charge in [0.25, 0.3) is 0 Å². The van der Waals surface area contributed by atoms with Crippen molar-refractivity contribution in [2.24, 2.45) is 0 Å². The number of aliphatic hydroxyl groups excluding tert-OH is 1. The Morgan fingerprint density at radius 1 is 1.40 bits per heavy atom. The predicted octanol–water partition coefficient (Wildman–Crippen LogP) is 1.97. The monoisotopic (exact) mass is 210 g/mol. The molecule has 4 heteroatoms. The molecule has 0 aliphatic carbocycles. The summed E-state index contributed by atoms with van der Waals surface area (Å²) in [5.74, 6) is 0.426. The summed E-state index contributed by atoms with van der Waals surface area (Å²) in [5.41, 5.74) is 0. The second-order valence-electron chi connectivity index (χ2n) is 3.00. The van der Waals surface area contributed by atoms with Gasteiger partial charge in [-0.2, -0.15) is 0 Å². The zero-order chi connectivity index (χ0) is 11.1. The number of ether oxygens (including phenoxy) is 2. The maximum absolute atomic E-state index is 11.2. The molecule has 1 atom stereocenters. The van der Waals surface area contributed by atoms with E-state index in [1.54, 1.807) is 24.3 Å². The first-order chi connectivity index (χ1) is 7.26. The highest BCUT2D eigenvalue weighted by Crippen LogP contribution is 2.10. The summed E-state index contributed by atoms with van der Waals surface area (Å²) >= 11 is 0. The van der Waals surface area contributed by atoms with Crippen molar-refractivity contribution in [3.63, 3.8) is 0 Å². The van der Waals surface area contributed by atoms with E-state index in [-0.39, 0.29) is 6.61 Å². The fourth-order valence-corrected chi connectivity index (χ4v) is 0.995. The van der Waals surface area contributed by atoms with Crippen LogP contribution in [0.2, 0.25) is 0 Å². The lowest BCUT2D eigenvalue weighted by Gasteiger charge is -2.12. The van der Waals surface area contributed by atoms with Crippen LogP contribution in [0.15, 0.2) is 30.3 Å². The molecule has 1 unspecified atom stereocenters. The van der Waals surface area contributed by atoms with Crippen molar-refractivity contribution >= 4 is 6.16 Å². The van der Waals surface area contributed by atoms with Crippen LogP contribution in [0.5, 0.6) is 5.75 Å². The van der Waals surface area contributed by atoms with E-state index >= 15 is 0 Å². The average molecular weight is 210 g/mol. The topological polar surface area (TPSA) is 55.8 Å². The molecule has 0 radical (unpaired) electrons. The molecule has 1 rings (SSSR count). The third kappa shape index (κ3) is 3.99. The van der Waals surface area contributed by atoms with E-state index in [9.17, 15) is 4.79 Å². The van der Waals surface area contributed by atoms with Crippen LogP contribution in [0, 0.1) is 0 Å².